The van der Waals surface area contributed by atoms with Crippen molar-refractivity contribution in [1.82, 2.24) is 0 Å². The fourth-order valence-corrected chi connectivity index (χ4v) is 2.28. The fourth-order valence-electron chi connectivity index (χ4n) is 2.28. The van der Waals surface area contributed by atoms with E-state index in [-0.39, 0.29) is 10.6 Å². The van der Waals surface area contributed by atoms with E-state index in [4.69, 9.17) is 10.8 Å². The molecule has 0 unspecified atom stereocenters. The number of para-hydroxylation sites is 4. The average molecular weight is 358 g/mol. The van der Waals surface area contributed by atoms with Crippen LogP contribution in [0.2, 0.25) is 0 Å². The molecular weight excluding hydrogens is 332 g/mol. The van der Waals surface area contributed by atoms with E-state index in [0.29, 0.717) is 17.8 Å². The Bertz CT molecular complexity index is 715. The summed E-state index contributed by atoms with van der Waals surface area (Å²) in [5.74, 6) is 0. The number of nitrogens with two attached hydrogens (primary N) is 1. The highest BCUT2D eigenvalue weighted by atomic mass is 16.6. The van der Waals surface area contributed by atoms with E-state index in [1.807, 2.05) is 24.3 Å². The standard InChI is InChI=1S/C9H10N2O2.C9H12N2.CH4O/c12-11(13)9-4-2-1-3-8(9)10-7-5-6-7;10-8-3-1-2-4-9(8)11-7-5-6-7;1-2/h1-4,7,10H,5-6H2;1-4,7,11H,5-6,10H2;2H,1H3. The second-order valence-corrected chi connectivity index (χ2v) is 6.20. The Morgan fingerprint density at radius 1 is 0.923 bits per heavy atom. The van der Waals surface area contributed by atoms with Crippen molar-refractivity contribution in [2.75, 3.05) is 23.5 Å². The van der Waals surface area contributed by atoms with E-state index in [2.05, 4.69) is 10.6 Å². The van der Waals surface area contributed by atoms with Crippen molar-refractivity contribution in [3.63, 3.8) is 0 Å². The van der Waals surface area contributed by atoms with E-state index in [0.717, 1.165) is 31.3 Å². The Labute approximate surface area is 153 Å². The number of nitro benzene ring substituents is 1. The molecule has 0 amide bonds. The molecule has 0 spiro atoms. The molecular formula is C19H26N4O3. The summed E-state index contributed by atoms with van der Waals surface area (Å²) in [6.45, 7) is 0. The van der Waals surface area contributed by atoms with Gasteiger partial charge in [0, 0.05) is 25.3 Å². The third-order valence-corrected chi connectivity index (χ3v) is 3.94. The first-order valence-electron chi connectivity index (χ1n) is 8.69. The summed E-state index contributed by atoms with van der Waals surface area (Å²) < 4.78 is 0. The maximum Gasteiger partial charge on any atom is 0.292 e. The van der Waals surface area contributed by atoms with Crippen molar-refractivity contribution in [3.05, 3.63) is 58.6 Å². The Kier molecular flexibility index (Phi) is 7.23. The molecule has 2 fully saturated rings. The van der Waals surface area contributed by atoms with Gasteiger partial charge in [-0.05, 0) is 43.9 Å². The van der Waals surface area contributed by atoms with Gasteiger partial charge in [-0.25, -0.2) is 0 Å². The van der Waals surface area contributed by atoms with Crippen molar-refractivity contribution in [3.8, 4) is 0 Å². The first-order valence-corrected chi connectivity index (χ1v) is 8.69. The van der Waals surface area contributed by atoms with Crippen LogP contribution in [0.5, 0.6) is 0 Å². The summed E-state index contributed by atoms with van der Waals surface area (Å²) in [6, 6.07) is 15.8. The lowest BCUT2D eigenvalue weighted by Gasteiger charge is -2.06. The molecule has 0 aliphatic heterocycles. The lowest BCUT2D eigenvalue weighted by atomic mass is 10.2. The molecule has 0 aromatic heterocycles. The van der Waals surface area contributed by atoms with Crippen LogP contribution < -0.4 is 16.4 Å². The molecule has 7 nitrogen and oxygen atoms in total. The molecule has 26 heavy (non-hydrogen) atoms. The van der Waals surface area contributed by atoms with Gasteiger partial charge >= 0.3 is 0 Å². The number of anilines is 3. The van der Waals surface area contributed by atoms with Crippen LogP contribution in [0.4, 0.5) is 22.7 Å². The average Bonchev–Trinajstić information content (AvgIpc) is 3.56. The van der Waals surface area contributed by atoms with Gasteiger partial charge in [0.25, 0.3) is 5.69 Å². The Morgan fingerprint density at radius 2 is 1.38 bits per heavy atom. The molecule has 7 heteroatoms. The van der Waals surface area contributed by atoms with Gasteiger partial charge in [-0.3, -0.25) is 10.1 Å². The summed E-state index contributed by atoms with van der Waals surface area (Å²) in [5.41, 5.74) is 8.46. The number of nitro groups is 1. The Morgan fingerprint density at radius 3 is 1.88 bits per heavy atom. The monoisotopic (exact) mass is 358 g/mol. The lowest BCUT2D eigenvalue weighted by Crippen LogP contribution is -2.03. The molecule has 4 rings (SSSR count). The summed E-state index contributed by atoms with van der Waals surface area (Å²) in [7, 11) is 1.00. The van der Waals surface area contributed by atoms with Crippen LogP contribution in [0.15, 0.2) is 48.5 Å². The minimum absolute atomic E-state index is 0.161. The van der Waals surface area contributed by atoms with Gasteiger partial charge in [-0.15, -0.1) is 0 Å². The highest BCUT2D eigenvalue weighted by Crippen LogP contribution is 2.30. The number of hydrogen-bond donors (Lipinski definition) is 4. The molecule has 2 aromatic rings. The van der Waals surface area contributed by atoms with Gasteiger partial charge in [0.1, 0.15) is 5.69 Å². The van der Waals surface area contributed by atoms with E-state index in [9.17, 15) is 10.1 Å². The maximum absolute atomic E-state index is 10.6. The molecule has 0 heterocycles. The summed E-state index contributed by atoms with van der Waals surface area (Å²) in [5, 5.41) is 24.1. The summed E-state index contributed by atoms with van der Waals surface area (Å²) in [4.78, 5) is 10.2. The van der Waals surface area contributed by atoms with Crippen LogP contribution in [0.25, 0.3) is 0 Å². The molecule has 0 saturated heterocycles. The number of nitrogens with one attached hydrogen (secondary N) is 2. The van der Waals surface area contributed by atoms with E-state index >= 15 is 0 Å². The fraction of sp³-hybridized carbons (Fsp3) is 0.368. The zero-order chi connectivity index (χ0) is 18.9. The Hall–Kier alpha value is -2.80. The zero-order valence-electron chi connectivity index (χ0n) is 14.9. The third kappa shape index (κ3) is 6.25. The summed E-state index contributed by atoms with van der Waals surface area (Å²) in [6.07, 6.45) is 4.81. The van der Waals surface area contributed by atoms with E-state index in [1.165, 1.54) is 18.9 Å². The molecule has 5 N–H and O–H groups in total. The van der Waals surface area contributed by atoms with E-state index < -0.39 is 0 Å². The zero-order valence-corrected chi connectivity index (χ0v) is 14.9. The predicted octanol–water partition coefficient (Wildman–Crippen LogP) is 3.62. The van der Waals surface area contributed by atoms with E-state index in [1.54, 1.807) is 18.2 Å². The quantitative estimate of drug-likeness (QED) is 0.369. The van der Waals surface area contributed by atoms with Gasteiger partial charge in [0.05, 0.1) is 16.3 Å². The highest BCUT2D eigenvalue weighted by Gasteiger charge is 2.24. The maximum atomic E-state index is 10.6. The molecule has 140 valence electrons. The van der Waals surface area contributed by atoms with Crippen molar-refractivity contribution in [2.24, 2.45) is 0 Å². The topological polar surface area (TPSA) is 113 Å². The normalized spacial score (nSPS) is 14.8. The SMILES string of the molecule is CO.Nc1ccccc1NC1CC1.O=[N+]([O-])c1ccccc1NC1CC1. The molecule has 0 radical (unpaired) electrons. The molecule has 0 bridgehead atoms. The van der Waals surface area contributed by atoms with Gasteiger partial charge in [-0.1, -0.05) is 24.3 Å². The van der Waals surface area contributed by atoms with Gasteiger partial charge in [0.15, 0.2) is 0 Å². The van der Waals surface area contributed by atoms with Crippen molar-refractivity contribution >= 4 is 22.7 Å². The second-order valence-electron chi connectivity index (χ2n) is 6.20. The van der Waals surface area contributed by atoms with Crippen molar-refractivity contribution in [2.45, 2.75) is 37.8 Å². The predicted molar refractivity (Wildman–Crippen MR) is 105 cm³/mol. The van der Waals surface area contributed by atoms with Gasteiger partial charge in [0.2, 0.25) is 0 Å². The molecule has 2 saturated carbocycles. The number of aliphatic hydroxyl groups is 1. The highest BCUT2D eigenvalue weighted by molar-refractivity contribution is 5.66. The first-order chi connectivity index (χ1) is 12.6. The largest absolute Gasteiger partial charge is 0.400 e. The number of hydrogen-bond acceptors (Lipinski definition) is 6. The summed E-state index contributed by atoms with van der Waals surface area (Å²) >= 11 is 0. The van der Waals surface area contributed by atoms with Crippen LogP contribution >= 0.6 is 0 Å². The molecule has 2 aliphatic rings. The van der Waals surface area contributed by atoms with Crippen molar-refractivity contribution < 1.29 is 10.0 Å². The van der Waals surface area contributed by atoms with Crippen LogP contribution in [-0.4, -0.2) is 29.2 Å². The lowest BCUT2D eigenvalue weighted by molar-refractivity contribution is -0.384. The first kappa shape index (κ1) is 19.5. The molecule has 2 aromatic carbocycles. The Balaban J connectivity index is 0.000000173. The minimum atomic E-state index is -0.356. The number of rotatable bonds is 5. The van der Waals surface area contributed by atoms with Crippen LogP contribution in [0.3, 0.4) is 0 Å². The molecule has 2 aliphatic carbocycles. The molecule has 0 atom stereocenters. The van der Waals surface area contributed by atoms with Crippen LogP contribution in [0.1, 0.15) is 25.7 Å². The van der Waals surface area contributed by atoms with Crippen molar-refractivity contribution in [1.29, 1.82) is 0 Å². The second kappa shape index (κ2) is 9.62. The third-order valence-electron chi connectivity index (χ3n) is 3.94. The van der Waals surface area contributed by atoms with Crippen LogP contribution in [-0.2, 0) is 0 Å². The number of nitrogens with zero attached hydrogens (tertiary/aromatic N) is 1. The minimum Gasteiger partial charge on any atom is -0.400 e. The van der Waals surface area contributed by atoms with Gasteiger partial charge < -0.3 is 21.5 Å². The van der Waals surface area contributed by atoms with Gasteiger partial charge in [-0.2, -0.15) is 0 Å². The number of benzene rings is 2. The number of nitrogen functional groups attached to an aromatic ring is 1. The van der Waals surface area contributed by atoms with Crippen LogP contribution in [0, 0.1) is 10.1 Å². The number of aliphatic hydroxyl groups excluding tert-OH is 1. The smallest absolute Gasteiger partial charge is 0.292 e.